The van der Waals surface area contributed by atoms with Gasteiger partial charge in [0.2, 0.25) is 0 Å². The molecule has 2 N–H and O–H groups in total. The first-order valence-electron chi connectivity index (χ1n) is 5.87. The Morgan fingerprint density at radius 3 is 2.86 bits per heavy atom. The molecular formula is C12H9F3N4O3. The van der Waals surface area contributed by atoms with Crippen molar-refractivity contribution in [3.63, 3.8) is 0 Å². The van der Waals surface area contributed by atoms with Crippen molar-refractivity contribution in [3.05, 3.63) is 40.1 Å². The average molecular weight is 314 g/mol. The lowest BCUT2D eigenvalue weighted by molar-refractivity contribution is -0.383. The summed E-state index contributed by atoms with van der Waals surface area (Å²) >= 11 is 0. The number of nitrogens with one attached hydrogen (secondary N) is 1. The number of benzene rings is 1. The van der Waals surface area contributed by atoms with Crippen molar-refractivity contribution in [2.24, 2.45) is 5.10 Å². The van der Waals surface area contributed by atoms with Gasteiger partial charge in [0.1, 0.15) is 12.1 Å². The van der Waals surface area contributed by atoms with Crippen LogP contribution in [-0.2, 0) is 0 Å². The standard InChI is InChI=1S/C12H9F3N4O3/c13-12(14,15)6-18-17-5-7-4-9(19(21)22)8-2-1-3-16-10(8)11(7)20/h1-5,18,20H,6H2/b17-5+. The minimum Gasteiger partial charge on any atom is -0.505 e. The van der Waals surface area contributed by atoms with Gasteiger partial charge in [-0.3, -0.25) is 15.1 Å². The molecule has 0 radical (unpaired) electrons. The molecule has 0 atom stereocenters. The third kappa shape index (κ3) is 3.40. The maximum absolute atomic E-state index is 12.0. The molecule has 0 fully saturated rings. The zero-order valence-electron chi connectivity index (χ0n) is 10.8. The maximum atomic E-state index is 12.0. The van der Waals surface area contributed by atoms with Crippen molar-refractivity contribution in [1.29, 1.82) is 0 Å². The third-order valence-electron chi connectivity index (χ3n) is 2.64. The minimum absolute atomic E-state index is 0.0334. The number of pyridine rings is 1. The summed E-state index contributed by atoms with van der Waals surface area (Å²) in [6.45, 7) is -1.36. The van der Waals surface area contributed by atoms with Crippen molar-refractivity contribution in [1.82, 2.24) is 10.4 Å². The molecule has 1 aromatic carbocycles. The Morgan fingerprint density at radius 2 is 2.23 bits per heavy atom. The van der Waals surface area contributed by atoms with Gasteiger partial charge in [-0.15, -0.1) is 0 Å². The Hall–Kier alpha value is -2.91. The molecule has 1 aromatic heterocycles. The molecule has 7 nitrogen and oxygen atoms in total. The highest BCUT2D eigenvalue weighted by Crippen LogP contribution is 2.33. The van der Waals surface area contributed by atoms with Crippen molar-refractivity contribution in [2.75, 3.05) is 6.54 Å². The Labute approximate surface area is 121 Å². The number of halogens is 3. The van der Waals surface area contributed by atoms with Crippen molar-refractivity contribution < 1.29 is 23.2 Å². The zero-order valence-corrected chi connectivity index (χ0v) is 10.8. The number of non-ortho nitro benzene ring substituents is 1. The molecule has 0 aliphatic carbocycles. The molecule has 0 saturated heterocycles. The quantitative estimate of drug-likeness (QED) is 0.512. The average Bonchev–Trinajstić information content (AvgIpc) is 2.44. The predicted molar refractivity (Wildman–Crippen MR) is 71.7 cm³/mol. The van der Waals surface area contributed by atoms with E-state index < -0.39 is 23.4 Å². The number of alkyl halides is 3. The Bertz CT molecular complexity index is 746. The van der Waals surface area contributed by atoms with E-state index in [4.69, 9.17) is 0 Å². The molecule has 2 rings (SSSR count). The van der Waals surface area contributed by atoms with Gasteiger partial charge in [-0.1, -0.05) is 0 Å². The molecule has 0 spiro atoms. The minimum atomic E-state index is -4.45. The van der Waals surface area contributed by atoms with Gasteiger partial charge in [-0.2, -0.15) is 18.3 Å². The Balaban J connectivity index is 2.40. The van der Waals surface area contributed by atoms with Crippen molar-refractivity contribution >= 4 is 22.8 Å². The topological polar surface area (TPSA) is 101 Å². The monoisotopic (exact) mass is 314 g/mol. The van der Waals surface area contributed by atoms with Crippen LogP contribution in [0.4, 0.5) is 18.9 Å². The molecule has 0 bridgehead atoms. The van der Waals surface area contributed by atoms with Crippen LogP contribution >= 0.6 is 0 Å². The second kappa shape index (κ2) is 5.84. The van der Waals surface area contributed by atoms with Crippen molar-refractivity contribution in [3.8, 4) is 5.75 Å². The summed E-state index contributed by atoms with van der Waals surface area (Å²) in [6.07, 6.45) is -2.26. The molecule has 0 aliphatic rings. The normalized spacial score (nSPS) is 12.0. The summed E-state index contributed by atoms with van der Waals surface area (Å²) in [4.78, 5) is 14.2. The van der Waals surface area contributed by atoms with Gasteiger partial charge in [0.25, 0.3) is 5.69 Å². The van der Waals surface area contributed by atoms with Gasteiger partial charge >= 0.3 is 6.18 Å². The van der Waals surface area contributed by atoms with Crippen LogP contribution in [0, 0.1) is 10.1 Å². The van der Waals surface area contributed by atoms with Crippen LogP contribution in [0.5, 0.6) is 5.75 Å². The first-order chi connectivity index (χ1) is 10.3. The van der Waals surface area contributed by atoms with E-state index in [0.717, 1.165) is 12.3 Å². The van der Waals surface area contributed by atoms with Gasteiger partial charge in [0.15, 0.2) is 5.75 Å². The molecule has 116 valence electrons. The third-order valence-corrected chi connectivity index (χ3v) is 2.64. The number of hydrazone groups is 1. The highest BCUT2D eigenvalue weighted by Gasteiger charge is 2.26. The first-order valence-corrected chi connectivity index (χ1v) is 5.87. The summed E-state index contributed by atoms with van der Waals surface area (Å²) in [5.74, 6) is -0.404. The van der Waals surface area contributed by atoms with Gasteiger partial charge < -0.3 is 10.5 Å². The second-order valence-electron chi connectivity index (χ2n) is 4.20. The largest absolute Gasteiger partial charge is 0.505 e. The van der Waals surface area contributed by atoms with Crippen LogP contribution in [-0.4, -0.2) is 33.9 Å². The van der Waals surface area contributed by atoms with Crippen molar-refractivity contribution in [2.45, 2.75) is 6.18 Å². The molecule has 2 aromatic rings. The summed E-state index contributed by atoms with van der Waals surface area (Å²) < 4.78 is 35.9. The zero-order chi connectivity index (χ0) is 16.3. The van der Waals surface area contributed by atoms with Crippen LogP contribution in [0.15, 0.2) is 29.5 Å². The fraction of sp³-hybridized carbons (Fsp3) is 0.167. The number of aromatic nitrogens is 1. The highest BCUT2D eigenvalue weighted by atomic mass is 19.4. The second-order valence-corrected chi connectivity index (χ2v) is 4.20. The molecule has 22 heavy (non-hydrogen) atoms. The van der Waals surface area contributed by atoms with Crippen LogP contribution in [0.3, 0.4) is 0 Å². The maximum Gasteiger partial charge on any atom is 0.407 e. The van der Waals surface area contributed by atoms with E-state index in [1.165, 1.54) is 18.3 Å². The van der Waals surface area contributed by atoms with Crippen LogP contribution in [0.2, 0.25) is 0 Å². The number of phenols is 1. The number of nitro benzene ring substituents is 1. The number of aromatic hydroxyl groups is 1. The van der Waals surface area contributed by atoms with E-state index >= 15 is 0 Å². The number of nitro groups is 1. The molecule has 1 heterocycles. The van der Waals surface area contributed by atoms with Crippen LogP contribution in [0.1, 0.15) is 5.56 Å². The fourth-order valence-electron chi connectivity index (χ4n) is 1.73. The fourth-order valence-corrected chi connectivity index (χ4v) is 1.73. The Kier molecular flexibility index (Phi) is 4.11. The number of phenolic OH excluding ortho intramolecular Hbond substituents is 1. The molecule has 0 unspecified atom stereocenters. The van der Waals surface area contributed by atoms with E-state index in [9.17, 15) is 28.4 Å². The first kappa shape index (κ1) is 15.5. The summed E-state index contributed by atoms with van der Waals surface area (Å²) in [5.41, 5.74) is 1.25. The molecule has 0 saturated carbocycles. The van der Waals surface area contributed by atoms with Gasteiger partial charge in [-0.25, -0.2) is 0 Å². The highest BCUT2D eigenvalue weighted by molar-refractivity contribution is 6.00. The van der Waals surface area contributed by atoms with Crippen LogP contribution < -0.4 is 5.43 Å². The van der Waals surface area contributed by atoms with E-state index in [1.807, 2.05) is 0 Å². The lowest BCUT2D eigenvalue weighted by atomic mass is 10.1. The van der Waals surface area contributed by atoms with E-state index in [0.29, 0.717) is 0 Å². The smallest absolute Gasteiger partial charge is 0.407 e. The summed E-state index contributed by atoms with van der Waals surface area (Å²) in [6, 6.07) is 3.88. The lowest BCUT2D eigenvalue weighted by Gasteiger charge is -2.06. The van der Waals surface area contributed by atoms with E-state index in [1.54, 1.807) is 5.43 Å². The van der Waals surface area contributed by atoms with Gasteiger partial charge in [0, 0.05) is 17.8 Å². The number of hydrogen-bond donors (Lipinski definition) is 2. The molecular weight excluding hydrogens is 305 g/mol. The van der Waals surface area contributed by atoms with Gasteiger partial charge in [-0.05, 0) is 12.1 Å². The Morgan fingerprint density at radius 1 is 1.50 bits per heavy atom. The molecule has 10 heteroatoms. The van der Waals surface area contributed by atoms with E-state index in [2.05, 4.69) is 10.1 Å². The molecule has 0 amide bonds. The van der Waals surface area contributed by atoms with Crippen LogP contribution in [0.25, 0.3) is 10.9 Å². The number of rotatable bonds is 4. The predicted octanol–water partition coefficient (Wildman–Crippen LogP) is 2.33. The number of hydrogen-bond acceptors (Lipinski definition) is 6. The number of nitrogens with zero attached hydrogens (tertiary/aromatic N) is 3. The summed E-state index contributed by atoms with van der Waals surface area (Å²) in [5, 5.41) is 24.4. The van der Waals surface area contributed by atoms with E-state index in [-0.39, 0.29) is 22.2 Å². The number of fused-ring (bicyclic) bond motifs is 1. The molecule has 0 aliphatic heterocycles. The van der Waals surface area contributed by atoms with Gasteiger partial charge in [0.05, 0.1) is 16.5 Å². The SMILES string of the molecule is O=[N+]([O-])c1cc(/C=N/NCC(F)(F)F)c(O)c2ncccc12. The lowest BCUT2D eigenvalue weighted by Crippen LogP contribution is -2.24. The summed E-state index contributed by atoms with van der Waals surface area (Å²) in [7, 11) is 0.